The van der Waals surface area contributed by atoms with E-state index in [0.717, 1.165) is 29.3 Å². The molecular weight excluding hydrogens is 302 g/mol. The van der Waals surface area contributed by atoms with Crippen molar-refractivity contribution in [1.82, 2.24) is 5.43 Å². The molecule has 3 rings (SSSR count). The van der Waals surface area contributed by atoms with E-state index in [9.17, 15) is 0 Å². The molecule has 0 radical (unpaired) electrons. The maximum Gasteiger partial charge on any atom is 0.161 e. The first kappa shape index (κ1) is 16.2. The zero-order valence-electron chi connectivity index (χ0n) is 14.5. The lowest BCUT2D eigenvalue weighted by atomic mass is 9.88. The third kappa shape index (κ3) is 3.30. The first-order valence-corrected chi connectivity index (χ1v) is 7.94. The van der Waals surface area contributed by atoms with Gasteiger partial charge in [0.2, 0.25) is 0 Å². The van der Waals surface area contributed by atoms with E-state index in [1.54, 1.807) is 14.2 Å². The molecule has 0 fully saturated rings. The summed E-state index contributed by atoms with van der Waals surface area (Å²) in [5, 5.41) is 0. The van der Waals surface area contributed by atoms with Crippen LogP contribution in [0.5, 0.6) is 11.5 Å². The summed E-state index contributed by atoms with van der Waals surface area (Å²) in [6.07, 6.45) is 0.846. The van der Waals surface area contributed by atoms with Gasteiger partial charge in [0.25, 0.3) is 0 Å². The van der Waals surface area contributed by atoms with Crippen LogP contribution in [0.1, 0.15) is 25.0 Å². The molecular formula is C19H23N3O2. The number of nitrogens with zero attached hydrogens (tertiary/aromatic N) is 1. The van der Waals surface area contributed by atoms with Gasteiger partial charge in [-0.3, -0.25) is 15.8 Å². The second-order valence-corrected chi connectivity index (χ2v) is 6.43. The van der Waals surface area contributed by atoms with E-state index < -0.39 is 0 Å². The number of aliphatic imine (C=N–C) groups is 1. The Kier molecular flexibility index (Phi) is 4.34. The molecule has 2 aromatic rings. The van der Waals surface area contributed by atoms with Crippen LogP contribution in [0.25, 0.3) is 0 Å². The van der Waals surface area contributed by atoms with E-state index in [0.29, 0.717) is 5.75 Å². The van der Waals surface area contributed by atoms with Gasteiger partial charge in [-0.15, -0.1) is 0 Å². The van der Waals surface area contributed by atoms with Gasteiger partial charge >= 0.3 is 0 Å². The Hall–Kier alpha value is -2.69. The summed E-state index contributed by atoms with van der Waals surface area (Å²) < 4.78 is 10.9. The van der Waals surface area contributed by atoms with E-state index in [-0.39, 0.29) is 5.54 Å². The van der Waals surface area contributed by atoms with E-state index in [1.807, 2.05) is 42.5 Å². The van der Waals surface area contributed by atoms with Gasteiger partial charge in [0, 0.05) is 5.56 Å². The third-order valence-electron chi connectivity index (χ3n) is 4.00. The number of hydrogen-bond acceptors (Lipinski definition) is 5. The van der Waals surface area contributed by atoms with Crippen LogP contribution in [0.2, 0.25) is 0 Å². The van der Waals surface area contributed by atoms with E-state index in [4.69, 9.17) is 14.5 Å². The van der Waals surface area contributed by atoms with Gasteiger partial charge in [-0.25, -0.2) is 0 Å². The van der Waals surface area contributed by atoms with Crippen LogP contribution in [0, 0.1) is 0 Å². The Bertz CT molecular complexity index is 755. The van der Waals surface area contributed by atoms with Gasteiger partial charge in [0.05, 0.1) is 25.4 Å². The zero-order valence-corrected chi connectivity index (χ0v) is 14.5. The van der Waals surface area contributed by atoms with Gasteiger partial charge < -0.3 is 9.47 Å². The minimum Gasteiger partial charge on any atom is -0.493 e. The Balaban J connectivity index is 1.95. The number of hydrogen-bond donors (Lipinski definition) is 2. The molecule has 0 atom stereocenters. The molecule has 0 saturated carbocycles. The van der Waals surface area contributed by atoms with Gasteiger partial charge in [0.15, 0.2) is 11.5 Å². The van der Waals surface area contributed by atoms with Crippen molar-refractivity contribution in [2.45, 2.75) is 25.8 Å². The minimum atomic E-state index is -0.187. The lowest BCUT2D eigenvalue weighted by Gasteiger charge is -2.30. The molecule has 1 aliphatic rings. The number of amidine groups is 1. The van der Waals surface area contributed by atoms with Crippen LogP contribution in [0.4, 0.5) is 5.69 Å². The monoisotopic (exact) mass is 325 g/mol. The predicted octanol–water partition coefficient (Wildman–Crippen LogP) is 3.40. The summed E-state index contributed by atoms with van der Waals surface area (Å²) in [6, 6.07) is 14.0. The topological polar surface area (TPSA) is 54.9 Å². The van der Waals surface area contributed by atoms with Crippen LogP contribution in [-0.2, 0) is 6.42 Å². The van der Waals surface area contributed by atoms with Crippen molar-refractivity contribution in [1.29, 1.82) is 0 Å². The summed E-state index contributed by atoms with van der Waals surface area (Å²) >= 11 is 0. The van der Waals surface area contributed by atoms with Crippen molar-refractivity contribution >= 4 is 11.5 Å². The Labute approximate surface area is 142 Å². The summed E-state index contributed by atoms with van der Waals surface area (Å²) in [4.78, 5) is 4.85. The molecule has 0 amide bonds. The number of fused-ring (bicyclic) bond motifs is 1. The molecule has 24 heavy (non-hydrogen) atoms. The first-order valence-electron chi connectivity index (χ1n) is 7.94. The highest BCUT2D eigenvalue weighted by Crippen LogP contribution is 2.35. The number of benzene rings is 2. The maximum absolute atomic E-state index is 5.44. The lowest BCUT2D eigenvalue weighted by molar-refractivity contribution is 0.353. The molecule has 1 heterocycles. The summed E-state index contributed by atoms with van der Waals surface area (Å²) in [6.45, 7) is 4.24. The smallest absolute Gasteiger partial charge is 0.161 e. The number of methoxy groups -OCH3 is 2. The third-order valence-corrected chi connectivity index (χ3v) is 4.00. The Morgan fingerprint density at radius 2 is 1.62 bits per heavy atom. The Morgan fingerprint density at radius 1 is 0.958 bits per heavy atom. The van der Waals surface area contributed by atoms with Crippen LogP contribution >= 0.6 is 0 Å². The van der Waals surface area contributed by atoms with Crippen LogP contribution in [0.15, 0.2) is 47.5 Å². The van der Waals surface area contributed by atoms with Crippen LogP contribution in [-0.4, -0.2) is 25.6 Å². The number of ether oxygens (including phenoxy) is 2. The molecule has 2 N–H and O–H groups in total. The summed E-state index contributed by atoms with van der Waals surface area (Å²) in [5.74, 6) is 2.24. The highest BCUT2D eigenvalue weighted by atomic mass is 16.5. The van der Waals surface area contributed by atoms with Crippen LogP contribution < -0.4 is 20.3 Å². The number of nitrogens with one attached hydrogen (secondary N) is 2. The highest BCUT2D eigenvalue weighted by molar-refractivity contribution is 6.02. The lowest BCUT2D eigenvalue weighted by Crippen LogP contribution is -2.38. The average molecular weight is 325 g/mol. The van der Waals surface area contributed by atoms with Crippen molar-refractivity contribution in [3.63, 3.8) is 0 Å². The standard InChI is InChI=1S/C19H23N3O2/c1-19(2)12-13-10-16(23-3)17(24-4)11-15(13)18(20-19)22-21-14-8-6-5-7-9-14/h5-11,21H,12H2,1-4H3,(H,20,22). The molecule has 0 aliphatic carbocycles. The fraction of sp³-hybridized carbons (Fsp3) is 0.316. The molecule has 2 aromatic carbocycles. The first-order chi connectivity index (χ1) is 11.5. The maximum atomic E-state index is 5.44. The molecule has 5 heteroatoms. The molecule has 0 saturated heterocycles. The normalized spacial score (nSPS) is 15.1. The van der Waals surface area contributed by atoms with Crippen LogP contribution in [0.3, 0.4) is 0 Å². The second-order valence-electron chi connectivity index (χ2n) is 6.43. The second kappa shape index (κ2) is 6.43. The molecule has 0 bridgehead atoms. The number of rotatable bonds is 4. The van der Waals surface area contributed by atoms with Crippen molar-refractivity contribution in [2.75, 3.05) is 19.6 Å². The van der Waals surface area contributed by atoms with Crippen molar-refractivity contribution in [2.24, 2.45) is 4.99 Å². The zero-order chi connectivity index (χ0) is 17.2. The molecule has 5 nitrogen and oxygen atoms in total. The molecule has 0 aromatic heterocycles. The number of para-hydroxylation sites is 1. The van der Waals surface area contributed by atoms with Gasteiger partial charge in [0.1, 0.15) is 5.84 Å². The quantitative estimate of drug-likeness (QED) is 0.846. The molecule has 126 valence electrons. The van der Waals surface area contributed by atoms with Gasteiger partial charge in [-0.1, -0.05) is 18.2 Å². The average Bonchev–Trinajstić information content (AvgIpc) is 2.58. The highest BCUT2D eigenvalue weighted by Gasteiger charge is 2.28. The fourth-order valence-corrected chi connectivity index (χ4v) is 2.90. The Morgan fingerprint density at radius 3 is 2.29 bits per heavy atom. The molecule has 0 spiro atoms. The summed E-state index contributed by atoms with van der Waals surface area (Å²) in [5.41, 5.74) is 9.45. The SMILES string of the molecule is COc1cc2c(cc1OC)C(NNc1ccccc1)=NC(C)(C)C2. The van der Waals surface area contributed by atoms with Gasteiger partial charge in [-0.05, 0) is 50.1 Å². The van der Waals surface area contributed by atoms with Crippen molar-refractivity contribution < 1.29 is 9.47 Å². The van der Waals surface area contributed by atoms with Crippen molar-refractivity contribution in [3.05, 3.63) is 53.6 Å². The van der Waals surface area contributed by atoms with E-state index >= 15 is 0 Å². The summed E-state index contributed by atoms with van der Waals surface area (Å²) in [7, 11) is 3.30. The van der Waals surface area contributed by atoms with Crippen molar-refractivity contribution in [3.8, 4) is 11.5 Å². The van der Waals surface area contributed by atoms with E-state index in [1.165, 1.54) is 5.56 Å². The fourth-order valence-electron chi connectivity index (χ4n) is 2.90. The number of anilines is 1. The molecule has 1 aliphatic heterocycles. The predicted molar refractivity (Wildman–Crippen MR) is 97.1 cm³/mol. The minimum absolute atomic E-state index is 0.187. The molecule has 0 unspecified atom stereocenters. The van der Waals surface area contributed by atoms with E-state index in [2.05, 4.69) is 24.7 Å². The van der Waals surface area contributed by atoms with Gasteiger partial charge in [-0.2, -0.15) is 0 Å². The number of hydrazine groups is 1. The largest absolute Gasteiger partial charge is 0.493 e.